The van der Waals surface area contributed by atoms with Crippen LogP contribution in [0.2, 0.25) is 0 Å². The standard InChI is InChI=1S/C12H14N4S/c13-12-10(2-1-4-15-12)11-6-14-8-16(11)9-3-5-17-7-9/h1-2,4,6,8-9H,3,5,7H2,(H2,13,15). The van der Waals surface area contributed by atoms with Crippen LogP contribution in [0.15, 0.2) is 30.9 Å². The SMILES string of the molecule is Nc1ncccc1-c1cncn1C1CCSC1. The predicted molar refractivity (Wildman–Crippen MR) is 70.8 cm³/mol. The summed E-state index contributed by atoms with van der Waals surface area (Å²) >= 11 is 1.99. The van der Waals surface area contributed by atoms with Crippen LogP contribution >= 0.6 is 11.8 Å². The van der Waals surface area contributed by atoms with Crippen molar-refractivity contribution in [1.29, 1.82) is 0 Å². The van der Waals surface area contributed by atoms with Crippen molar-refractivity contribution < 1.29 is 0 Å². The molecule has 0 amide bonds. The summed E-state index contributed by atoms with van der Waals surface area (Å²) in [7, 11) is 0. The molecular weight excluding hydrogens is 232 g/mol. The number of imidazole rings is 1. The molecule has 1 aliphatic heterocycles. The summed E-state index contributed by atoms with van der Waals surface area (Å²) in [5.41, 5.74) is 7.97. The van der Waals surface area contributed by atoms with Gasteiger partial charge in [-0.3, -0.25) is 0 Å². The molecule has 5 heteroatoms. The zero-order valence-corrected chi connectivity index (χ0v) is 10.2. The number of pyridine rings is 1. The maximum absolute atomic E-state index is 5.92. The number of rotatable bonds is 2. The van der Waals surface area contributed by atoms with Crippen LogP contribution in [0.3, 0.4) is 0 Å². The third-order valence-electron chi connectivity index (χ3n) is 3.08. The summed E-state index contributed by atoms with van der Waals surface area (Å²) in [6.07, 6.45) is 6.69. The highest BCUT2D eigenvalue weighted by Crippen LogP contribution is 2.33. The molecule has 0 bridgehead atoms. The van der Waals surface area contributed by atoms with E-state index in [-0.39, 0.29) is 0 Å². The zero-order chi connectivity index (χ0) is 11.7. The van der Waals surface area contributed by atoms with Crippen LogP contribution in [0.4, 0.5) is 5.82 Å². The number of hydrogen-bond donors (Lipinski definition) is 1. The Morgan fingerprint density at radius 3 is 3.18 bits per heavy atom. The molecule has 1 fully saturated rings. The van der Waals surface area contributed by atoms with Gasteiger partial charge in [0, 0.05) is 23.6 Å². The molecule has 1 saturated heterocycles. The molecule has 0 saturated carbocycles. The third-order valence-corrected chi connectivity index (χ3v) is 4.22. The van der Waals surface area contributed by atoms with E-state index in [2.05, 4.69) is 14.5 Å². The van der Waals surface area contributed by atoms with E-state index >= 15 is 0 Å². The number of anilines is 1. The smallest absolute Gasteiger partial charge is 0.132 e. The Morgan fingerprint density at radius 2 is 2.41 bits per heavy atom. The normalized spacial score (nSPS) is 19.6. The van der Waals surface area contributed by atoms with E-state index in [1.54, 1.807) is 6.20 Å². The molecule has 88 valence electrons. The number of thioether (sulfide) groups is 1. The highest BCUT2D eigenvalue weighted by molar-refractivity contribution is 7.99. The van der Waals surface area contributed by atoms with Crippen molar-refractivity contribution in [2.45, 2.75) is 12.5 Å². The summed E-state index contributed by atoms with van der Waals surface area (Å²) < 4.78 is 2.23. The van der Waals surface area contributed by atoms with E-state index in [9.17, 15) is 0 Å². The lowest BCUT2D eigenvalue weighted by molar-refractivity contribution is 0.565. The van der Waals surface area contributed by atoms with Crippen molar-refractivity contribution in [1.82, 2.24) is 14.5 Å². The lowest BCUT2D eigenvalue weighted by atomic mass is 10.1. The first-order valence-electron chi connectivity index (χ1n) is 5.66. The van der Waals surface area contributed by atoms with Crippen LogP contribution in [0, 0.1) is 0 Å². The first-order valence-corrected chi connectivity index (χ1v) is 6.82. The van der Waals surface area contributed by atoms with Crippen LogP contribution < -0.4 is 5.73 Å². The molecule has 17 heavy (non-hydrogen) atoms. The van der Waals surface area contributed by atoms with Crippen LogP contribution in [0.1, 0.15) is 12.5 Å². The Kier molecular flexibility index (Phi) is 2.76. The van der Waals surface area contributed by atoms with Crippen molar-refractivity contribution in [3.8, 4) is 11.3 Å². The summed E-state index contributed by atoms with van der Waals surface area (Å²) in [5.74, 6) is 2.95. The first kappa shape index (κ1) is 10.7. The average molecular weight is 246 g/mol. The van der Waals surface area contributed by atoms with Gasteiger partial charge in [-0.25, -0.2) is 9.97 Å². The molecular formula is C12H14N4S. The highest BCUT2D eigenvalue weighted by atomic mass is 32.2. The number of nitrogens with two attached hydrogens (primary N) is 1. The maximum Gasteiger partial charge on any atom is 0.132 e. The average Bonchev–Trinajstić information content (AvgIpc) is 3.00. The zero-order valence-electron chi connectivity index (χ0n) is 9.41. The topological polar surface area (TPSA) is 56.7 Å². The van der Waals surface area contributed by atoms with Gasteiger partial charge in [0.15, 0.2) is 0 Å². The Bertz CT molecular complexity index is 517. The van der Waals surface area contributed by atoms with Gasteiger partial charge in [0.25, 0.3) is 0 Å². The van der Waals surface area contributed by atoms with Gasteiger partial charge in [-0.05, 0) is 24.3 Å². The Balaban J connectivity index is 2.04. The molecule has 3 heterocycles. The summed E-state index contributed by atoms with van der Waals surface area (Å²) in [4.78, 5) is 8.39. The molecule has 3 rings (SSSR count). The van der Waals surface area contributed by atoms with Gasteiger partial charge in [-0.2, -0.15) is 11.8 Å². The minimum absolute atomic E-state index is 0.539. The monoisotopic (exact) mass is 246 g/mol. The van der Waals surface area contributed by atoms with E-state index in [0.717, 1.165) is 17.0 Å². The molecule has 2 N–H and O–H groups in total. The third kappa shape index (κ3) is 1.91. The van der Waals surface area contributed by atoms with Gasteiger partial charge in [-0.1, -0.05) is 0 Å². The largest absolute Gasteiger partial charge is 0.383 e. The van der Waals surface area contributed by atoms with Gasteiger partial charge in [0.1, 0.15) is 5.82 Å². The fraction of sp³-hybridized carbons (Fsp3) is 0.333. The van der Waals surface area contributed by atoms with Crippen LogP contribution in [-0.2, 0) is 0 Å². The van der Waals surface area contributed by atoms with Gasteiger partial charge in [0.2, 0.25) is 0 Å². The minimum atomic E-state index is 0.539. The van der Waals surface area contributed by atoms with E-state index in [1.165, 1.54) is 12.2 Å². The van der Waals surface area contributed by atoms with Gasteiger partial charge >= 0.3 is 0 Å². The first-order chi connectivity index (χ1) is 8.36. The second-order valence-electron chi connectivity index (χ2n) is 4.14. The summed E-state index contributed by atoms with van der Waals surface area (Å²) in [5, 5.41) is 0. The fourth-order valence-electron chi connectivity index (χ4n) is 2.18. The molecule has 2 aromatic heterocycles. The maximum atomic E-state index is 5.92. The van der Waals surface area contributed by atoms with Crippen molar-refractivity contribution in [2.75, 3.05) is 17.2 Å². The molecule has 0 aromatic carbocycles. The second-order valence-corrected chi connectivity index (χ2v) is 5.29. The molecule has 0 aliphatic carbocycles. The molecule has 0 spiro atoms. The van der Waals surface area contributed by atoms with Crippen LogP contribution in [0.25, 0.3) is 11.3 Å². The van der Waals surface area contributed by atoms with Crippen molar-refractivity contribution >= 4 is 17.6 Å². The van der Waals surface area contributed by atoms with Crippen LogP contribution in [-0.4, -0.2) is 26.0 Å². The van der Waals surface area contributed by atoms with E-state index in [4.69, 9.17) is 5.73 Å². The quantitative estimate of drug-likeness (QED) is 0.882. The minimum Gasteiger partial charge on any atom is -0.383 e. The predicted octanol–water partition coefficient (Wildman–Crippen LogP) is 2.21. The number of nitrogens with zero attached hydrogens (tertiary/aromatic N) is 3. The lowest BCUT2D eigenvalue weighted by Gasteiger charge is -2.15. The molecule has 2 aromatic rings. The Labute approximate surface area is 104 Å². The Hall–Kier alpha value is -1.49. The number of aromatic nitrogens is 3. The molecule has 1 unspecified atom stereocenters. The molecule has 1 atom stereocenters. The van der Waals surface area contributed by atoms with Crippen molar-refractivity contribution in [3.05, 3.63) is 30.9 Å². The molecule has 0 radical (unpaired) electrons. The van der Waals surface area contributed by atoms with E-state index in [1.807, 2.05) is 36.4 Å². The molecule has 4 nitrogen and oxygen atoms in total. The van der Waals surface area contributed by atoms with E-state index in [0.29, 0.717) is 11.9 Å². The van der Waals surface area contributed by atoms with Gasteiger partial charge < -0.3 is 10.3 Å². The van der Waals surface area contributed by atoms with E-state index < -0.39 is 0 Å². The Morgan fingerprint density at radius 1 is 1.47 bits per heavy atom. The van der Waals surface area contributed by atoms with Gasteiger partial charge in [0.05, 0.1) is 18.2 Å². The summed E-state index contributed by atoms with van der Waals surface area (Å²) in [6, 6.07) is 4.45. The van der Waals surface area contributed by atoms with Crippen molar-refractivity contribution in [2.24, 2.45) is 0 Å². The fourth-order valence-corrected chi connectivity index (χ4v) is 3.38. The highest BCUT2D eigenvalue weighted by Gasteiger charge is 2.20. The summed E-state index contributed by atoms with van der Waals surface area (Å²) in [6.45, 7) is 0. The number of hydrogen-bond acceptors (Lipinski definition) is 4. The second kappa shape index (κ2) is 4.41. The van der Waals surface area contributed by atoms with Crippen LogP contribution in [0.5, 0.6) is 0 Å². The van der Waals surface area contributed by atoms with Crippen molar-refractivity contribution in [3.63, 3.8) is 0 Å². The lowest BCUT2D eigenvalue weighted by Crippen LogP contribution is -2.08. The van der Waals surface area contributed by atoms with Gasteiger partial charge in [-0.15, -0.1) is 0 Å². The molecule has 1 aliphatic rings. The number of nitrogen functional groups attached to an aromatic ring is 1.